The number of aromatic nitrogens is 2. The van der Waals surface area contributed by atoms with Crippen molar-refractivity contribution < 1.29 is 4.39 Å². The van der Waals surface area contributed by atoms with Crippen molar-refractivity contribution in [2.24, 2.45) is 7.05 Å². The number of rotatable bonds is 1. The van der Waals surface area contributed by atoms with Crippen LogP contribution in [-0.2, 0) is 7.05 Å². The number of fused-ring (bicyclic) bond motifs is 1. The molecule has 0 saturated carbocycles. The molecular formula is C20H14ClFN2O2. The first-order valence-electron chi connectivity index (χ1n) is 7.78. The highest BCUT2D eigenvalue weighted by atomic mass is 35.5. The van der Waals surface area contributed by atoms with Gasteiger partial charge in [0.15, 0.2) is 0 Å². The van der Waals surface area contributed by atoms with Crippen molar-refractivity contribution in [3.8, 4) is 17.5 Å². The summed E-state index contributed by atoms with van der Waals surface area (Å²) in [4.78, 5) is 25.5. The Hall–Kier alpha value is -3.10. The van der Waals surface area contributed by atoms with E-state index in [1.807, 2.05) is 6.92 Å². The van der Waals surface area contributed by atoms with Crippen LogP contribution in [0.15, 0.2) is 58.1 Å². The summed E-state index contributed by atoms with van der Waals surface area (Å²) in [7, 11) is 1.52. The van der Waals surface area contributed by atoms with Crippen LogP contribution in [0.1, 0.15) is 12.5 Å². The summed E-state index contributed by atoms with van der Waals surface area (Å²) in [5.41, 5.74) is 0.0252. The first-order chi connectivity index (χ1) is 12.4. The largest absolute Gasteiger partial charge is 0.335 e. The minimum absolute atomic E-state index is 0.0973. The van der Waals surface area contributed by atoms with Crippen LogP contribution in [0.25, 0.3) is 16.6 Å². The van der Waals surface area contributed by atoms with Crippen molar-refractivity contribution in [2.75, 3.05) is 0 Å². The summed E-state index contributed by atoms with van der Waals surface area (Å²) in [6.07, 6.45) is 3.50. The highest BCUT2D eigenvalue weighted by Crippen LogP contribution is 2.20. The molecular weight excluding hydrogens is 355 g/mol. The lowest BCUT2D eigenvalue weighted by molar-refractivity contribution is 0.628. The summed E-state index contributed by atoms with van der Waals surface area (Å²) in [5.74, 6) is 5.18. The van der Waals surface area contributed by atoms with Crippen LogP contribution in [0.5, 0.6) is 0 Å². The molecule has 4 nitrogen and oxygen atoms in total. The molecule has 0 unspecified atom stereocenters. The fraction of sp³-hybridized carbons (Fsp3) is 0.100. The molecule has 3 aromatic rings. The topological polar surface area (TPSA) is 44.0 Å². The number of nitrogens with zero attached hydrogens (tertiary/aromatic N) is 2. The molecule has 0 fully saturated rings. The van der Waals surface area contributed by atoms with Gasteiger partial charge in [-0.2, -0.15) is 0 Å². The molecule has 0 aliphatic rings. The van der Waals surface area contributed by atoms with Gasteiger partial charge >= 0.3 is 5.69 Å². The molecule has 0 atom stereocenters. The molecule has 0 aliphatic carbocycles. The standard InChI is InChI=1S/C20H14ClFN2O2/c1-3-4-5-6-13-7-9-18(16(21)11-13)24-19(25)15-12-14(22)8-10-17(15)23(2)20(24)26/h3-4,7-12H,1-2H3. The van der Waals surface area contributed by atoms with Gasteiger partial charge in [0.05, 0.1) is 21.6 Å². The summed E-state index contributed by atoms with van der Waals surface area (Å²) in [6, 6.07) is 8.51. The Balaban J connectivity index is 2.28. The van der Waals surface area contributed by atoms with Gasteiger partial charge in [-0.15, -0.1) is 0 Å². The van der Waals surface area contributed by atoms with Crippen LogP contribution in [0.2, 0.25) is 5.02 Å². The maximum atomic E-state index is 13.6. The van der Waals surface area contributed by atoms with Gasteiger partial charge < -0.3 is 0 Å². The van der Waals surface area contributed by atoms with E-state index in [0.717, 1.165) is 10.6 Å². The summed E-state index contributed by atoms with van der Waals surface area (Å²) >= 11 is 6.29. The van der Waals surface area contributed by atoms with Crippen molar-refractivity contribution in [2.45, 2.75) is 6.92 Å². The summed E-state index contributed by atoms with van der Waals surface area (Å²) < 4.78 is 15.8. The highest BCUT2D eigenvalue weighted by molar-refractivity contribution is 6.32. The maximum Gasteiger partial charge on any atom is 0.335 e. The van der Waals surface area contributed by atoms with E-state index in [9.17, 15) is 14.0 Å². The van der Waals surface area contributed by atoms with Gasteiger partial charge in [0.25, 0.3) is 5.56 Å². The minimum atomic E-state index is -0.628. The first-order valence-corrected chi connectivity index (χ1v) is 8.15. The van der Waals surface area contributed by atoms with Gasteiger partial charge in [-0.3, -0.25) is 9.36 Å². The Bertz CT molecular complexity index is 1230. The number of aryl methyl sites for hydroxylation is 1. The van der Waals surface area contributed by atoms with E-state index in [0.29, 0.717) is 11.1 Å². The van der Waals surface area contributed by atoms with E-state index >= 15 is 0 Å². The quantitative estimate of drug-likeness (QED) is 0.618. The van der Waals surface area contributed by atoms with Crippen LogP contribution in [0.4, 0.5) is 4.39 Å². The van der Waals surface area contributed by atoms with Gasteiger partial charge in [-0.25, -0.2) is 13.8 Å². The van der Waals surface area contributed by atoms with Crippen molar-refractivity contribution in [1.82, 2.24) is 9.13 Å². The Morgan fingerprint density at radius 2 is 1.92 bits per heavy atom. The molecule has 0 amide bonds. The van der Waals surface area contributed by atoms with E-state index in [4.69, 9.17) is 11.6 Å². The fourth-order valence-electron chi connectivity index (χ4n) is 2.62. The molecule has 130 valence electrons. The number of allylic oxidation sites excluding steroid dienone is 2. The zero-order valence-electron chi connectivity index (χ0n) is 14.1. The molecule has 0 radical (unpaired) electrons. The fourth-order valence-corrected chi connectivity index (χ4v) is 2.88. The predicted molar refractivity (Wildman–Crippen MR) is 101 cm³/mol. The average molecular weight is 369 g/mol. The molecule has 2 aromatic carbocycles. The van der Waals surface area contributed by atoms with E-state index in [2.05, 4.69) is 11.8 Å². The van der Waals surface area contributed by atoms with Crippen molar-refractivity contribution >= 4 is 22.5 Å². The van der Waals surface area contributed by atoms with Crippen LogP contribution >= 0.6 is 11.6 Å². The average Bonchev–Trinajstić information content (AvgIpc) is 2.62. The number of benzene rings is 2. The molecule has 3 rings (SSSR count). The van der Waals surface area contributed by atoms with Crippen molar-refractivity contribution in [1.29, 1.82) is 0 Å². The van der Waals surface area contributed by atoms with E-state index in [-0.39, 0.29) is 16.1 Å². The number of hydrogen-bond acceptors (Lipinski definition) is 2. The highest BCUT2D eigenvalue weighted by Gasteiger charge is 2.15. The molecule has 6 heteroatoms. The molecule has 0 aliphatic heterocycles. The second-order valence-electron chi connectivity index (χ2n) is 5.58. The lowest BCUT2D eigenvalue weighted by Crippen LogP contribution is -2.38. The molecule has 0 spiro atoms. The second kappa shape index (κ2) is 7.03. The van der Waals surface area contributed by atoms with Crippen molar-refractivity contribution in [3.63, 3.8) is 0 Å². The zero-order chi connectivity index (χ0) is 18.8. The monoisotopic (exact) mass is 368 g/mol. The second-order valence-corrected chi connectivity index (χ2v) is 5.99. The van der Waals surface area contributed by atoms with Gasteiger partial charge in [-0.1, -0.05) is 29.5 Å². The third kappa shape index (κ3) is 3.07. The van der Waals surface area contributed by atoms with E-state index in [1.54, 1.807) is 30.4 Å². The van der Waals surface area contributed by atoms with Gasteiger partial charge in [0, 0.05) is 12.6 Å². The lowest BCUT2D eigenvalue weighted by Gasteiger charge is -2.12. The van der Waals surface area contributed by atoms with Gasteiger partial charge in [-0.05, 0) is 49.4 Å². The summed E-state index contributed by atoms with van der Waals surface area (Å²) in [5, 5.41) is 0.298. The predicted octanol–water partition coefficient (Wildman–Crippen LogP) is 3.41. The lowest BCUT2D eigenvalue weighted by atomic mass is 10.2. The Labute approximate surface area is 153 Å². The Kier molecular flexibility index (Phi) is 4.79. The molecule has 0 bridgehead atoms. The third-order valence-electron chi connectivity index (χ3n) is 3.89. The normalized spacial score (nSPS) is 10.9. The van der Waals surface area contributed by atoms with Crippen LogP contribution in [-0.4, -0.2) is 9.13 Å². The summed E-state index contributed by atoms with van der Waals surface area (Å²) in [6.45, 7) is 1.86. The Morgan fingerprint density at radius 1 is 1.15 bits per heavy atom. The molecule has 0 N–H and O–H groups in total. The molecule has 0 saturated heterocycles. The number of halogens is 2. The minimum Gasteiger partial charge on any atom is -0.296 e. The smallest absolute Gasteiger partial charge is 0.296 e. The zero-order valence-corrected chi connectivity index (χ0v) is 14.8. The van der Waals surface area contributed by atoms with Crippen molar-refractivity contribution in [3.05, 3.63) is 85.8 Å². The van der Waals surface area contributed by atoms with Crippen LogP contribution < -0.4 is 11.2 Å². The van der Waals surface area contributed by atoms with Gasteiger partial charge in [0.1, 0.15) is 5.82 Å². The van der Waals surface area contributed by atoms with E-state index in [1.165, 1.54) is 23.7 Å². The number of hydrogen-bond donors (Lipinski definition) is 0. The first kappa shape index (κ1) is 17.7. The maximum absolute atomic E-state index is 13.6. The van der Waals surface area contributed by atoms with Crippen LogP contribution in [0, 0.1) is 17.7 Å². The third-order valence-corrected chi connectivity index (χ3v) is 4.19. The Morgan fingerprint density at radius 3 is 2.62 bits per heavy atom. The molecule has 1 heterocycles. The molecule has 26 heavy (non-hydrogen) atoms. The SMILES string of the molecule is CC=CC#Cc1ccc(-n2c(=O)c3cc(F)ccc3n(C)c2=O)c(Cl)c1. The van der Waals surface area contributed by atoms with Crippen LogP contribution in [0.3, 0.4) is 0 Å². The molecule has 1 aromatic heterocycles. The van der Waals surface area contributed by atoms with E-state index < -0.39 is 17.1 Å². The van der Waals surface area contributed by atoms with Gasteiger partial charge in [0.2, 0.25) is 0 Å².